The van der Waals surface area contributed by atoms with Gasteiger partial charge in [0.05, 0.1) is 0 Å². The van der Waals surface area contributed by atoms with Gasteiger partial charge in [-0.1, -0.05) is 18.2 Å². The molecular weight excluding hydrogens is 84.1 g/mol. The van der Waals surface area contributed by atoms with E-state index >= 15 is 0 Å². The predicted octanol–water partition coefficient (Wildman–Crippen LogP) is 1.42. The van der Waals surface area contributed by atoms with E-state index in [1.54, 1.807) is 16.7 Å². The van der Waals surface area contributed by atoms with Gasteiger partial charge in [0.1, 0.15) is 0 Å². The van der Waals surface area contributed by atoms with E-state index in [9.17, 15) is 0 Å². The van der Waals surface area contributed by atoms with Gasteiger partial charge in [0.15, 0.2) is 0 Å². The molecular formula is C7H4. The van der Waals surface area contributed by atoms with Crippen molar-refractivity contribution >= 4 is 0 Å². The zero-order chi connectivity index (χ0) is 4.43. The van der Waals surface area contributed by atoms with Gasteiger partial charge >= 0.3 is 0 Å². The first kappa shape index (κ1) is 2.51. The summed E-state index contributed by atoms with van der Waals surface area (Å²) in [7, 11) is 0. The summed E-state index contributed by atoms with van der Waals surface area (Å²) in [6.07, 6.45) is 6.72. The predicted molar refractivity (Wildman–Crippen MR) is 27.7 cm³/mol. The summed E-state index contributed by atoms with van der Waals surface area (Å²) in [5.41, 5.74) is 4.75. The molecule has 7 heavy (non-hydrogen) atoms. The molecule has 0 heterocycles. The van der Waals surface area contributed by atoms with Gasteiger partial charge in [-0.25, -0.2) is 0 Å². The average Bonchev–Trinajstić information content (AvgIpc) is 2.02. The molecule has 0 amide bonds. The molecule has 3 aliphatic rings. The molecule has 0 heteroatoms. The summed E-state index contributed by atoms with van der Waals surface area (Å²) in [6.45, 7) is 0. The Balaban J connectivity index is 2.55. The second kappa shape index (κ2) is 0.460. The third-order valence-electron chi connectivity index (χ3n) is 1.98. The molecule has 0 fully saturated rings. The summed E-state index contributed by atoms with van der Waals surface area (Å²) in [4.78, 5) is 0. The molecule has 0 nitrogen and oxygen atoms in total. The maximum atomic E-state index is 2.28. The van der Waals surface area contributed by atoms with Gasteiger partial charge in [-0.2, -0.15) is 0 Å². The fourth-order valence-electron chi connectivity index (χ4n) is 1.47. The molecule has 0 N–H and O–H groups in total. The Hall–Kier alpha value is -0.780. The summed E-state index contributed by atoms with van der Waals surface area (Å²) in [5, 5.41) is 0. The number of rotatable bonds is 0. The monoisotopic (exact) mass is 88.0 g/mol. The van der Waals surface area contributed by atoms with Crippen molar-refractivity contribution in [2.24, 2.45) is 5.92 Å². The molecule has 0 saturated heterocycles. The molecule has 0 saturated carbocycles. The van der Waals surface area contributed by atoms with Crippen molar-refractivity contribution in [3.05, 3.63) is 34.9 Å². The molecule has 1 unspecified atom stereocenters. The Morgan fingerprint density at radius 3 is 2.29 bits per heavy atom. The summed E-state index contributed by atoms with van der Waals surface area (Å²) in [6, 6.07) is 0. The van der Waals surface area contributed by atoms with Gasteiger partial charge < -0.3 is 0 Å². The van der Waals surface area contributed by atoms with Crippen LogP contribution in [0, 0.1) is 5.92 Å². The molecule has 0 bridgehead atoms. The van der Waals surface area contributed by atoms with Gasteiger partial charge in [-0.05, 0) is 16.7 Å². The van der Waals surface area contributed by atoms with Crippen LogP contribution in [0.25, 0.3) is 0 Å². The third kappa shape index (κ3) is 0.110. The molecule has 1 atom stereocenters. The van der Waals surface area contributed by atoms with Crippen LogP contribution in [0.15, 0.2) is 34.9 Å². The molecule has 3 aliphatic carbocycles. The summed E-state index contributed by atoms with van der Waals surface area (Å²) in [5.74, 6) is 0.861. The first-order chi connectivity index (χ1) is 3.47. The Morgan fingerprint density at radius 2 is 2.14 bits per heavy atom. The van der Waals surface area contributed by atoms with Gasteiger partial charge in [-0.15, -0.1) is 0 Å². The minimum absolute atomic E-state index is 0.861. The second-order valence-corrected chi connectivity index (χ2v) is 2.32. The zero-order valence-electron chi connectivity index (χ0n) is 3.81. The van der Waals surface area contributed by atoms with Crippen molar-refractivity contribution in [2.45, 2.75) is 0 Å². The maximum Gasteiger partial charge on any atom is 0.0346 e. The van der Waals surface area contributed by atoms with E-state index in [1.807, 2.05) is 0 Å². The molecule has 0 radical (unpaired) electrons. The normalized spacial score (nSPS) is 37.7. The van der Waals surface area contributed by atoms with Crippen LogP contribution in [0.4, 0.5) is 0 Å². The van der Waals surface area contributed by atoms with Crippen LogP contribution < -0.4 is 0 Å². The van der Waals surface area contributed by atoms with Crippen LogP contribution in [0.3, 0.4) is 0 Å². The Morgan fingerprint density at radius 1 is 1.14 bits per heavy atom. The largest absolute Gasteiger partial charge is 0.0578 e. The van der Waals surface area contributed by atoms with Crippen LogP contribution in [0.5, 0.6) is 0 Å². The Bertz CT molecular complexity index is 221. The van der Waals surface area contributed by atoms with E-state index in [4.69, 9.17) is 0 Å². The summed E-state index contributed by atoms with van der Waals surface area (Å²) < 4.78 is 0. The standard InChI is InChI=1S/C7H4/c1-2-5-6-3-4(1)7(5)6/h1-3,7H. The first-order valence-corrected chi connectivity index (χ1v) is 2.60. The highest BCUT2D eigenvalue weighted by atomic mass is 14.5. The SMILES string of the molecule is C1=CC2=C3C=C1C23. The Kier molecular flexibility index (Phi) is 0.165. The molecule has 3 rings (SSSR count). The lowest BCUT2D eigenvalue weighted by molar-refractivity contribution is 1.06. The topological polar surface area (TPSA) is 0 Å². The van der Waals surface area contributed by atoms with E-state index in [1.165, 1.54) is 0 Å². The van der Waals surface area contributed by atoms with Crippen LogP contribution in [-0.2, 0) is 0 Å². The van der Waals surface area contributed by atoms with Crippen LogP contribution in [-0.4, -0.2) is 0 Å². The molecule has 32 valence electrons. The van der Waals surface area contributed by atoms with Crippen molar-refractivity contribution in [1.82, 2.24) is 0 Å². The van der Waals surface area contributed by atoms with Crippen molar-refractivity contribution in [3.8, 4) is 0 Å². The van der Waals surface area contributed by atoms with Gasteiger partial charge in [-0.3, -0.25) is 0 Å². The van der Waals surface area contributed by atoms with E-state index in [0.29, 0.717) is 0 Å². The highest BCUT2D eigenvalue weighted by molar-refractivity contribution is 5.76. The minimum atomic E-state index is 0.861. The number of hydrogen-bond donors (Lipinski definition) is 0. The van der Waals surface area contributed by atoms with Crippen LogP contribution in [0.2, 0.25) is 0 Å². The van der Waals surface area contributed by atoms with E-state index < -0.39 is 0 Å². The molecule has 0 aromatic rings. The highest BCUT2D eigenvalue weighted by Crippen LogP contribution is 2.59. The Labute approximate surface area is 41.8 Å². The van der Waals surface area contributed by atoms with E-state index in [0.717, 1.165) is 5.92 Å². The molecule has 0 aliphatic heterocycles. The fraction of sp³-hybridized carbons (Fsp3) is 0.143. The van der Waals surface area contributed by atoms with Crippen molar-refractivity contribution in [1.29, 1.82) is 0 Å². The van der Waals surface area contributed by atoms with Gasteiger partial charge in [0.2, 0.25) is 0 Å². The fourth-order valence-corrected chi connectivity index (χ4v) is 1.47. The van der Waals surface area contributed by atoms with Crippen molar-refractivity contribution in [3.63, 3.8) is 0 Å². The average molecular weight is 88.1 g/mol. The van der Waals surface area contributed by atoms with Crippen molar-refractivity contribution < 1.29 is 0 Å². The first-order valence-electron chi connectivity index (χ1n) is 2.60. The highest BCUT2D eigenvalue weighted by Gasteiger charge is 2.45. The van der Waals surface area contributed by atoms with Crippen molar-refractivity contribution in [2.75, 3.05) is 0 Å². The van der Waals surface area contributed by atoms with Crippen LogP contribution >= 0.6 is 0 Å². The number of hydrogen-bond acceptors (Lipinski definition) is 0. The molecule has 0 aromatic carbocycles. The van der Waals surface area contributed by atoms with Crippen LogP contribution in [0.1, 0.15) is 0 Å². The minimum Gasteiger partial charge on any atom is -0.0578 e. The lowest BCUT2D eigenvalue weighted by Gasteiger charge is -2.04. The third-order valence-corrected chi connectivity index (χ3v) is 1.98. The summed E-state index contributed by atoms with van der Waals surface area (Å²) >= 11 is 0. The van der Waals surface area contributed by atoms with E-state index in [2.05, 4.69) is 18.2 Å². The second-order valence-electron chi connectivity index (χ2n) is 2.32. The molecule has 0 aromatic heterocycles. The van der Waals surface area contributed by atoms with Gasteiger partial charge in [0, 0.05) is 5.92 Å². The maximum absolute atomic E-state index is 2.28. The zero-order valence-corrected chi connectivity index (χ0v) is 3.81. The lowest BCUT2D eigenvalue weighted by atomic mass is 9.99. The van der Waals surface area contributed by atoms with E-state index in [-0.39, 0.29) is 0 Å². The quantitative estimate of drug-likeness (QED) is 0.420. The number of allylic oxidation sites excluding steroid dienone is 6. The lowest BCUT2D eigenvalue weighted by Crippen LogP contribution is -1.91. The van der Waals surface area contributed by atoms with Gasteiger partial charge in [0.25, 0.3) is 0 Å². The molecule has 0 spiro atoms. The smallest absolute Gasteiger partial charge is 0.0346 e.